The van der Waals surface area contributed by atoms with Crippen molar-refractivity contribution in [3.8, 4) is 5.75 Å². The molecule has 2 aromatic rings. The summed E-state index contributed by atoms with van der Waals surface area (Å²) < 4.78 is 5.81. The molecule has 0 aliphatic rings. The number of nitrogens with one attached hydrogen (secondary N) is 1. The molecule has 0 aliphatic heterocycles. The third kappa shape index (κ3) is 6.44. The monoisotopic (exact) mass is 368 g/mol. The quantitative estimate of drug-likeness (QED) is 0.711. The third-order valence-electron chi connectivity index (χ3n) is 4.20. The predicted molar refractivity (Wildman–Crippen MR) is 108 cm³/mol. The summed E-state index contributed by atoms with van der Waals surface area (Å²) in [6.45, 7) is 4.65. The molecule has 0 saturated carbocycles. The Labute approximate surface area is 161 Å². The van der Waals surface area contributed by atoms with Crippen LogP contribution in [-0.4, -0.2) is 37.4 Å². The molecule has 0 radical (unpaired) electrons. The lowest BCUT2D eigenvalue weighted by molar-refractivity contribution is -0.116. The molecule has 0 fully saturated rings. The summed E-state index contributed by atoms with van der Waals surface area (Å²) in [6.07, 6.45) is 1.97. The molecule has 5 nitrogen and oxygen atoms in total. The Hall–Kier alpha value is -2.82. The van der Waals surface area contributed by atoms with Gasteiger partial charge < -0.3 is 15.0 Å². The van der Waals surface area contributed by atoms with Gasteiger partial charge in [-0.05, 0) is 62.1 Å². The van der Waals surface area contributed by atoms with E-state index in [-0.39, 0.29) is 11.8 Å². The molecule has 0 atom stereocenters. The van der Waals surface area contributed by atoms with E-state index in [2.05, 4.69) is 11.4 Å². The second-order valence-electron chi connectivity index (χ2n) is 6.90. The van der Waals surface area contributed by atoms with Gasteiger partial charge in [0.25, 0.3) is 5.91 Å². The molecule has 2 rings (SSSR count). The Morgan fingerprint density at radius 3 is 2.56 bits per heavy atom. The second-order valence-corrected chi connectivity index (χ2v) is 6.90. The summed E-state index contributed by atoms with van der Waals surface area (Å²) in [5, 5.41) is 2.85. The minimum absolute atomic E-state index is 0.0591. The van der Waals surface area contributed by atoms with Crippen LogP contribution in [0.4, 0.5) is 5.69 Å². The number of amides is 2. The summed E-state index contributed by atoms with van der Waals surface area (Å²) in [5.74, 6) is 0.757. The molecule has 144 valence electrons. The summed E-state index contributed by atoms with van der Waals surface area (Å²) in [6, 6.07) is 13.1. The molecule has 1 N–H and O–H groups in total. The average molecular weight is 368 g/mol. The Kier molecular flexibility index (Phi) is 7.41. The molecule has 0 bridgehead atoms. The van der Waals surface area contributed by atoms with Crippen molar-refractivity contribution < 1.29 is 14.3 Å². The second kappa shape index (κ2) is 9.76. The van der Waals surface area contributed by atoms with Gasteiger partial charge in [0, 0.05) is 31.8 Å². The van der Waals surface area contributed by atoms with Crippen LogP contribution >= 0.6 is 0 Å². The maximum atomic E-state index is 12.1. The molecule has 2 amide bonds. The van der Waals surface area contributed by atoms with Crippen molar-refractivity contribution in [3.63, 3.8) is 0 Å². The van der Waals surface area contributed by atoms with Crippen LogP contribution in [0, 0.1) is 13.8 Å². The Balaban J connectivity index is 1.74. The summed E-state index contributed by atoms with van der Waals surface area (Å²) >= 11 is 0. The van der Waals surface area contributed by atoms with Crippen LogP contribution in [0.3, 0.4) is 0 Å². The van der Waals surface area contributed by atoms with Crippen LogP contribution in [-0.2, 0) is 4.79 Å². The van der Waals surface area contributed by atoms with Gasteiger partial charge in [-0.1, -0.05) is 18.2 Å². The summed E-state index contributed by atoms with van der Waals surface area (Å²) in [4.78, 5) is 25.6. The molecule has 0 spiro atoms. The number of ether oxygens (including phenoxy) is 1. The fraction of sp³-hybridized carbons (Fsp3) is 0.364. The number of nitrogens with zero attached hydrogens (tertiary/aromatic N) is 1. The highest BCUT2D eigenvalue weighted by Gasteiger charge is 2.09. The predicted octanol–water partition coefficient (Wildman–Crippen LogP) is 4.19. The highest BCUT2D eigenvalue weighted by Crippen LogP contribution is 2.19. The number of carbonyl (C=O) groups excluding carboxylic acids is 2. The number of benzene rings is 2. The zero-order valence-corrected chi connectivity index (χ0v) is 16.5. The number of carbonyl (C=O) groups is 2. The first-order valence-corrected chi connectivity index (χ1v) is 9.18. The molecule has 0 aromatic heterocycles. The first kappa shape index (κ1) is 20.5. The Morgan fingerprint density at radius 2 is 1.81 bits per heavy atom. The number of hydrogen-bond acceptors (Lipinski definition) is 3. The largest absolute Gasteiger partial charge is 0.493 e. The van der Waals surface area contributed by atoms with Crippen LogP contribution in [0.15, 0.2) is 42.5 Å². The van der Waals surface area contributed by atoms with Gasteiger partial charge in [-0.2, -0.15) is 0 Å². The number of rotatable bonds is 8. The smallest absolute Gasteiger partial charge is 0.253 e. The van der Waals surface area contributed by atoms with Gasteiger partial charge in [0.05, 0.1) is 6.61 Å². The number of anilines is 1. The van der Waals surface area contributed by atoms with E-state index in [1.54, 1.807) is 38.4 Å². The maximum Gasteiger partial charge on any atom is 0.253 e. The number of hydrogen-bond donors (Lipinski definition) is 1. The molecule has 27 heavy (non-hydrogen) atoms. The first-order valence-electron chi connectivity index (χ1n) is 9.18. The van der Waals surface area contributed by atoms with Crippen molar-refractivity contribution in [2.45, 2.75) is 33.1 Å². The van der Waals surface area contributed by atoms with Crippen LogP contribution in [0.1, 0.15) is 40.7 Å². The average Bonchev–Trinajstić information content (AvgIpc) is 2.63. The molecule has 0 unspecified atom stereocenters. The van der Waals surface area contributed by atoms with Gasteiger partial charge in [-0.3, -0.25) is 9.59 Å². The van der Waals surface area contributed by atoms with Crippen molar-refractivity contribution in [2.24, 2.45) is 0 Å². The lowest BCUT2D eigenvalue weighted by atomic mass is 10.1. The van der Waals surface area contributed by atoms with Crippen molar-refractivity contribution >= 4 is 17.5 Å². The normalized spacial score (nSPS) is 10.4. The van der Waals surface area contributed by atoms with E-state index in [4.69, 9.17) is 4.74 Å². The SMILES string of the molecule is Cc1ccc(C)c(OCCCCC(=O)Nc2cccc(C(=O)N(C)C)c2)c1. The highest BCUT2D eigenvalue weighted by atomic mass is 16.5. The minimum atomic E-state index is -0.0883. The van der Waals surface area contributed by atoms with E-state index in [0.717, 1.165) is 24.2 Å². The van der Waals surface area contributed by atoms with E-state index >= 15 is 0 Å². The van der Waals surface area contributed by atoms with Crippen LogP contribution in [0.5, 0.6) is 5.75 Å². The molecule has 0 heterocycles. The zero-order chi connectivity index (χ0) is 19.8. The van der Waals surface area contributed by atoms with Crippen molar-refractivity contribution in [1.29, 1.82) is 0 Å². The molecular weight excluding hydrogens is 340 g/mol. The van der Waals surface area contributed by atoms with Crippen LogP contribution < -0.4 is 10.1 Å². The van der Waals surface area contributed by atoms with Crippen molar-refractivity contribution in [3.05, 3.63) is 59.2 Å². The van der Waals surface area contributed by atoms with Crippen LogP contribution in [0.25, 0.3) is 0 Å². The molecule has 0 saturated heterocycles. The first-order chi connectivity index (χ1) is 12.9. The van der Waals surface area contributed by atoms with Crippen molar-refractivity contribution in [1.82, 2.24) is 4.90 Å². The van der Waals surface area contributed by atoms with Gasteiger partial charge in [-0.25, -0.2) is 0 Å². The zero-order valence-electron chi connectivity index (χ0n) is 16.5. The molecule has 0 aliphatic carbocycles. The lowest BCUT2D eigenvalue weighted by Crippen LogP contribution is -2.21. The fourth-order valence-electron chi connectivity index (χ4n) is 2.64. The van der Waals surface area contributed by atoms with E-state index in [0.29, 0.717) is 24.3 Å². The lowest BCUT2D eigenvalue weighted by Gasteiger charge is -2.12. The van der Waals surface area contributed by atoms with Gasteiger partial charge in [0.1, 0.15) is 5.75 Å². The summed E-state index contributed by atoms with van der Waals surface area (Å²) in [5.41, 5.74) is 3.48. The topological polar surface area (TPSA) is 58.6 Å². The van der Waals surface area contributed by atoms with Gasteiger partial charge >= 0.3 is 0 Å². The van der Waals surface area contributed by atoms with E-state index in [1.807, 2.05) is 26.0 Å². The minimum Gasteiger partial charge on any atom is -0.493 e. The van der Waals surface area contributed by atoms with Gasteiger partial charge in [0.2, 0.25) is 5.91 Å². The van der Waals surface area contributed by atoms with E-state index in [1.165, 1.54) is 10.5 Å². The van der Waals surface area contributed by atoms with E-state index in [9.17, 15) is 9.59 Å². The third-order valence-corrected chi connectivity index (χ3v) is 4.20. The van der Waals surface area contributed by atoms with Gasteiger partial charge in [-0.15, -0.1) is 0 Å². The van der Waals surface area contributed by atoms with Crippen molar-refractivity contribution in [2.75, 3.05) is 26.0 Å². The van der Waals surface area contributed by atoms with E-state index < -0.39 is 0 Å². The van der Waals surface area contributed by atoms with Gasteiger partial charge in [0.15, 0.2) is 0 Å². The fourth-order valence-corrected chi connectivity index (χ4v) is 2.64. The molecule has 2 aromatic carbocycles. The molecular formula is C22H28N2O3. The maximum absolute atomic E-state index is 12.1. The Morgan fingerprint density at radius 1 is 1.04 bits per heavy atom. The standard InChI is InChI=1S/C22H28N2O3/c1-16-11-12-17(2)20(14-16)27-13-6-5-10-21(25)23-19-9-7-8-18(15-19)22(26)24(3)4/h7-9,11-12,14-15H,5-6,10,13H2,1-4H3,(H,23,25). The summed E-state index contributed by atoms with van der Waals surface area (Å²) in [7, 11) is 3.40. The highest BCUT2D eigenvalue weighted by molar-refractivity contribution is 5.96. The van der Waals surface area contributed by atoms with Crippen LogP contribution in [0.2, 0.25) is 0 Å². The number of unbranched alkanes of at least 4 members (excludes halogenated alkanes) is 1. The number of aryl methyl sites for hydroxylation is 2. The Bertz CT molecular complexity index is 800. The molecule has 5 heteroatoms.